The number of rotatable bonds is 5. The molecule has 5 nitrogen and oxygen atoms in total. The molecule has 0 saturated carbocycles. The van der Waals surface area contributed by atoms with E-state index in [4.69, 9.17) is 14.3 Å². The van der Waals surface area contributed by atoms with E-state index in [1.807, 2.05) is 24.3 Å². The number of hydrogen-bond donors (Lipinski definition) is 1. The third-order valence-electron chi connectivity index (χ3n) is 3.08. The Hall–Kier alpha value is -3.08. The Morgan fingerprint density at radius 1 is 1.32 bits per heavy atom. The number of hydrogen-bond acceptors (Lipinski definition) is 4. The van der Waals surface area contributed by atoms with Crippen molar-refractivity contribution in [2.24, 2.45) is 0 Å². The van der Waals surface area contributed by atoms with Gasteiger partial charge in [-0.15, -0.1) is 0 Å². The quantitative estimate of drug-likeness (QED) is 0.725. The zero-order valence-corrected chi connectivity index (χ0v) is 11.7. The summed E-state index contributed by atoms with van der Waals surface area (Å²) < 4.78 is 11.1. The highest BCUT2D eigenvalue weighted by molar-refractivity contribution is 5.92. The predicted molar refractivity (Wildman–Crippen MR) is 82.1 cm³/mol. The van der Waals surface area contributed by atoms with Gasteiger partial charge in [0.05, 0.1) is 5.56 Å². The second-order valence-electron chi connectivity index (χ2n) is 4.63. The predicted octanol–water partition coefficient (Wildman–Crippen LogP) is 3.76. The van der Waals surface area contributed by atoms with Gasteiger partial charge in [0.2, 0.25) is 5.89 Å². The Labute approximate surface area is 126 Å². The zero-order valence-electron chi connectivity index (χ0n) is 11.7. The van der Waals surface area contributed by atoms with E-state index < -0.39 is 5.97 Å². The second kappa shape index (κ2) is 5.73. The van der Waals surface area contributed by atoms with Crippen LogP contribution in [-0.2, 0) is 0 Å². The van der Waals surface area contributed by atoms with Crippen molar-refractivity contribution in [2.45, 2.75) is 0 Å². The average Bonchev–Trinajstić information content (AvgIpc) is 2.96. The third-order valence-corrected chi connectivity index (χ3v) is 3.08. The fourth-order valence-corrected chi connectivity index (χ4v) is 2.06. The van der Waals surface area contributed by atoms with E-state index in [1.165, 1.54) is 12.1 Å². The zero-order chi connectivity index (χ0) is 15.5. The minimum atomic E-state index is -1.00. The highest BCUT2D eigenvalue weighted by Crippen LogP contribution is 2.27. The van der Waals surface area contributed by atoms with Crippen molar-refractivity contribution in [3.8, 4) is 17.2 Å². The maximum Gasteiger partial charge on any atom is 0.335 e. The Kier molecular flexibility index (Phi) is 3.62. The molecule has 0 aliphatic rings. The standard InChI is InChI=1S/C17H13NO4/c1-2-8-21-13-5-3-4-11(9-13)16-18-14-7-6-12(17(19)20)10-15(14)22-16/h2-7,9-10H,1,8H2,(H,19,20). The van der Waals surface area contributed by atoms with Crippen LogP contribution in [0.4, 0.5) is 0 Å². The van der Waals surface area contributed by atoms with Gasteiger partial charge in [0.15, 0.2) is 5.58 Å². The number of oxazole rings is 1. The summed E-state index contributed by atoms with van der Waals surface area (Å²) in [4.78, 5) is 15.3. The largest absolute Gasteiger partial charge is 0.490 e. The molecule has 2 aromatic carbocycles. The van der Waals surface area contributed by atoms with E-state index in [2.05, 4.69) is 11.6 Å². The van der Waals surface area contributed by atoms with Gasteiger partial charge in [-0.3, -0.25) is 0 Å². The van der Waals surface area contributed by atoms with Crippen LogP contribution in [0.25, 0.3) is 22.6 Å². The molecule has 1 aromatic heterocycles. The lowest BCUT2D eigenvalue weighted by atomic mass is 10.2. The second-order valence-corrected chi connectivity index (χ2v) is 4.63. The molecule has 0 unspecified atom stereocenters. The summed E-state index contributed by atoms with van der Waals surface area (Å²) in [6.45, 7) is 4.02. The van der Waals surface area contributed by atoms with Gasteiger partial charge in [-0.05, 0) is 36.4 Å². The fourth-order valence-electron chi connectivity index (χ4n) is 2.06. The fraction of sp³-hybridized carbons (Fsp3) is 0.0588. The van der Waals surface area contributed by atoms with Crippen LogP contribution >= 0.6 is 0 Å². The van der Waals surface area contributed by atoms with Gasteiger partial charge in [0.1, 0.15) is 17.9 Å². The van der Waals surface area contributed by atoms with Crippen molar-refractivity contribution in [3.05, 3.63) is 60.7 Å². The molecule has 0 atom stereocenters. The summed E-state index contributed by atoms with van der Waals surface area (Å²) in [5.41, 5.74) is 1.97. The van der Waals surface area contributed by atoms with Crippen molar-refractivity contribution in [2.75, 3.05) is 6.61 Å². The van der Waals surface area contributed by atoms with Crippen molar-refractivity contribution in [1.82, 2.24) is 4.98 Å². The summed E-state index contributed by atoms with van der Waals surface area (Å²) in [6, 6.07) is 11.9. The molecular formula is C17H13NO4. The molecule has 0 radical (unpaired) electrons. The van der Waals surface area contributed by atoms with Crippen LogP contribution in [0.3, 0.4) is 0 Å². The number of benzene rings is 2. The highest BCUT2D eigenvalue weighted by Gasteiger charge is 2.11. The smallest absolute Gasteiger partial charge is 0.335 e. The molecule has 0 aliphatic carbocycles. The van der Waals surface area contributed by atoms with E-state index in [9.17, 15) is 4.79 Å². The minimum absolute atomic E-state index is 0.165. The molecule has 110 valence electrons. The molecule has 0 saturated heterocycles. The lowest BCUT2D eigenvalue weighted by Gasteiger charge is -2.03. The minimum Gasteiger partial charge on any atom is -0.490 e. The Balaban J connectivity index is 1.99. The molecule has 1 heterocycles. The molecule has 0 amide bonds. The summed E-state index contributed by atoms with van der Waals surface area (Å²) in [7, 11) is 0. The van der Waals surface area contributed by atoms with Crippen LogP contribution in [0.2, 0.25) is 0 Å². The van der Waals surface area contributed by atoms with E-state index in [-0.39, 0.29) is 5.56 Å². The monoisotopic (exact) mass is 295 g/mol. The SMILES string of the molecule is C=CCOc1cccc(-c2nc3ccc(C(=O)O)cc3o2)c1. The van der Waals surface area contributed by atoms with Crippen molar-refractivity contribution in [1.29, 1.82) is 0 Å². The van der Waals surface area contributed by atoms with Crippen molar-refractivity contribution >= 4 is 17.1 Å². The molecule has 1 N–H and O–H groups in total. The molecule has 0 fully saturated rings. The van der Waals surface area contributed by atoms with E-state index >= 15 is 0 Å². The van der Waals surface area contributed by atoms with Gasteiger partial charge in [0.25, 0.3) is 0 Å². The van der Waals surface area contributed by atoms with Crippen molar-refractivity contribution in [3.63, 3.8) is 0 Å². The van der Waals surface area contributed by atoms with Gasteiger partial charge in [0, 0.05) is 5.56 Å². The first-order chi connectivity index (χ1) is 10.7. The van der Waals surface area contributed by atoms with Crippen LogP contribution in [-0.4, -0.2) is 22.7 Å². The first kappa shape index (κ1) is 13.9. The third kappa shape index (κ3) is 2.69. The molecule has 0 aliphatic heterocycles. The average molecular weight is 295 g/mol. The Bertz CT molecular complexity index is 851. The maximum absolute atomic E-state index is 11.0. The Morgan fingerprint density at radius 3 is 2.95 bits per heavy atom. The maximum atomic E-state index is 11.0. The number of carboxylic acids is 1. The number of aromatic carboxylic acids is 1. The van der Waals surface area contributed by atoms with Crippen LogP contribution < -0.4 is 4.74 Å². The number of fused-ring (bicyclic) bond motifs is 1. The van der Waals surface area contributed by atoms with Gasteiger partial charge in [-0.25, -0.2) is 9.78 Å². The number of carboxylic acid groups (broad SMARTS) is 1. The first-order valence-corrected chi connectivity index (χ1v) is 6.65. The molecule has 5 heteroatoms. The molecule has 22 heavy (non-hydrogen) atoms. The molecule has 0 spiro atoms. The normalized spacial score (nSPS) is 10.5. The van der Waals surface area contributed by atoms with Crippen LogP contribution in [0, 0.1) is 0 Å². The van der Waals surface area contributed by atoms with E-state index in [0.29, 0.717) is 29.3 Å². The number of aromatic nitrogens is 1. The summed E-state index contributed by atoms with van der Waals surface area (Å²) in [5, 5.41) is 9.00. The van der Waals surface area contributed by atoms with Crippen LogP contribution in [0.15, 0.2) is 59.5 Å². The topological polar surface area (TPSA) is 72.6 Å². The summed E-state index contributed by atoms with van der Waals surface area (Å²) in [6.07, 6.45) is 1.67. The number of nitrogens with zero attached hydrogens (tertiary/aromatic N) is 1. The lowest BCUT2D eigenvalue weighted by molar-refractivity contribution is 0.0697. The Morgan fingerprint density at radius 2 is 2.18 bits per heavy atom. The van der Waals surface area contributed by atoms with E-state index in [0.717, 1.165) is 5.56 Å². The highest BCUT2D eigenvalue weighted by atomic mass is 16.5. The number of ether oxygens (including phenoxy) is 1. The van der Waals surface area contributed by atoms with Crippen LogP contribution in [0.5, 0.6) is 5.75 Å². The molecule has 0 bridgehead atoms. The summed E-state index contributed by atoms with van der Waals surface area (Å²) in [5.74, 6) is 0.104. The lowest BCUT2D eigenvalue weighted by Crippen LogP contribution is -1.94. The van der Waals surface area contributed by atoms with Gasteiger partial charge < -0.3 is 14.3 Å². The van der Waals surface area contributed by atoms with Gasteiger partial charge in [-0.2, -0.15) is 0 Å². The van der Waals surface area contributed by atoms with Gasteiger partial charge in [-0.1, -0.05) is 18.7 Å². The van der Waals surface area contributed by atoms with Crippen molar-refractivity contribution < 1.29 is 19.1 Å². The van der Waals surface area contributed by atoms with Gasteiger partial charge >= 0.3 is 5.97 Å². The summed E-state index contributed by atoms with van der Waals surface area (Å²) >= 11 is 0. The van der Waals surface area contributed by atoms with Crippen LogP contribution in [0.1, 0.15) is 10.4 Å². The molecular weight excluding hydrogens is 282 g/mol. The van der Waals surface area contributed by atoms with E-state index in [1.54, 1.807) is 12.1 Å². The first-order valence-electron chi connectivity index (χ1n) is 6.65. The molecule has 3 rings (SSSR count). The number of carbonyl (C=O) groups is 1. The molecule has 3 aromatic rings.